The first kappa shape index (κ1) is 39.1. The van der Waals surface area contributed by atoms with Crippen molar-refractivity contribution >= 4 is 50.4 Å². The molecule has 1 aromatic carbocycles. The van der Waals surface area contributed by atoms with Gasteiger partial charge in [0.05, 0.1) is 36.6 Å². The Morgan fingerprint density at radius 2 is 1.96 bits per heavy atom. The molecule has 0 aliphatic carbocycles. The molecule has 4 rings (SSSR count). The molecule has 1 fully saturated rings. The Labute approximate surface area is 295 Å². The van der Waals surface area contributed by atoms with Crippen molar-refractivity contribution in [3.63, 3.8) is 0 Å². The summed E-state index contributed by atoms with van der Waals surface area (Å²) in [6, 6.07) is 5.50. The average molecular weight is 755 g/mol. The number of thiazole rings is 1. The number of carboxylic acid groups (broad SMARTS) is 1. The fourth-order valence-corrected chi connectivity index (χ4v) is 5.82. The summed E-state index contributed by atoms with van der Waals surface area (Å²) in [5, 5.41) is 38.9. The molecular formula is C29H38N8O12S2. The van der Waals surface area contributed by atoms with E-state index in [-0.39, 0.29) is 17.4 Å². The lowest BCUT2D eigenvalue weighted by Crippen LogP contribution is -2.76. The number of oxime groups is 1. The maximum Gasteiger partial charge on any atom is 0.351 e. The first-order valence-corrected chi connectivity index (χ1v) is 17.5. The number of hydrogen-bond acceptors (Lipinski definition) is 16. The Kier molecular flexibility index (Phi) is 12.7. The molecule has 1 saturated heterocycles. The standard InChI is InChI=1S/C29H38N8O12S2/c1-29(2)24(26(41)37(29)49-51(44,45)46)33-25(40)23(21-16-50-28(30)32-21)34-48-22(27(42)43)15-47-20-7-5-17(6-8-20)18-12-35(3)36(13-18)10-4-9-31-11-19(39)14-38/h5-8,12-13,16,19,22,24,31,38-39H,4,9-11,14-15H2,1-3H3,(H4-,30,32,33,40,42,43,44,45,46)/b34-23+/t19?,22?,24-/m1/s1. The molecule has 2 aromatic heterocycles. The molecule has 3 aromatic rings. The number of aliphatic carboxylic acids is 1. The van der Waals surface area contributed by atoms with Crippen LogP contribution in [-0.4, -0.2) is 117 Å². The number of nitrogens with two attached hydrogens (primary N) is 1. The molecule has 0 bridgehead atoms. The third-order valence-electron chi connectivity index (χ3n) is 7.58. The first-order valence-electron chi connectivity index (χ1n) is 15.3. The highest BCUT2D eigenvalue weighted by Gasteiger charge is 2.57. The van der Waals surface area contributed by atoms with Crippen LogP contribution in [-0.2, 0) is 47.5 Å². The van der Waals surface area contributed by atoms with Crippen molar-refractivity contribution in [1.82, 2.24) is 25.4 Å². The predicted octanol–water partition coefficient (Wildman–Crippen LogP) is -1.90. The van der Waals surface area contributed by atoms with Crippen LogP contribution < -0.4 is 25.8 Å². The van der Waals surface area contributed by atoms with E-state index in [0.29, 0.717) is 30.4 Å². The normalized spacial score (nSPS) is 17.1. The number of rotatable bonds is 19. The molecule has 3 heterocycles. The number of nitrogen functional groups attached to an aromatic ring is 1. The number of aromatic nitrogens is 3. The SMILES string of the molecule is C[n+]1cc(-c2ccc(OCC(O/N=C(/C(=O)N[C@@H]3C(=O)N(OS(=O)(=O)[O-])C3(C)C)c3csc(N)n3)C(=O)O)cc2)cn1CCCNCC(O)CO. The Morgan fingerprint density at radius 3 is 2.55 bits per heavy atom. The van der Waals surface area contributed by atoms with Crippen LogP contribution in [0.3, 0.4) is 0 Å². The maximum atomic E-state index is 13.2. The number of carbonyl (C=O) groups is 3. The second-order valence-corrected chi connectivity index (χ2v) is 13.7. The summed E-state index contributed by atoms with van der Waals surface area (Å²) in [4.78, 5) is 46.9. The van der Waals surface area contributed by atoms with Crippen LogP contribution in [0.4, 0.5) is 5.13 Å². The van der Waals surface area contributed by atoms with E-state index in [9.17, 15) is 37.6 Å². The molecule has 2 amide bonds. The molecular weight excluding hydrogens is 716 g/mol. The Bertz CT molecular complexity index is 1840. The quantitative estimate of drug-likeness (QED) is 0.0148. The summed E-state index contributed by atoms with van der Waals surface area (Å²) in [5.41, 5.74) is 5.36. The third kappa shape index (κ3) is 10.2. The van der Waals surface area contributed by atoms with Gasteiger partial charge in [-0.3, -0.25) is 9.59 Å². The molecule has 51 heavy (non-hydrogen) atoms. The average Bonchev–Trinajstić information content (AvgIpc) is 3.67. The Balaban J connectivity index is 1.38. The minimum Gasteiger partial charge on any atom is -0.724 e. The minimum absolute atomic E-state index is 0.0433. The van der Waals surface area contributed by atoms with Crippen LogP contribution in [0.5, 0.6) is 5.75 Å². The van der Waals surface area contributed by atoms with Crippen molar-refractivity contribution in [3.05, 3.63) is 47.7 Å². The van der Waals surface area contributed by atoms with E-state index in [4.69, 9.17) is 20.4 Å². The van der Waals surface area contributed by atoms with Gasteiger partial charge in [-0.05, 0) is 44.5 Å². The van der Waals surface area contributed by atoms with E-state index in [1.165, 1.54) is 19.2 Å². The van der Waals surface area contributed by atoms with Crippen LogP contribution in [0.25, 0.3) is 11.1 Å². The molecule has 1 aliphatic heterocycles. The molecule has 7 N–H and O–H groups in total. The Morgan fingerprint density at radius 1 is 1.25 bits per heavy atom. The van der Waals surface area contributed by atoms with Gasteiger partial charge in [0.25, 0.3) is 17.9 Å². The van der Waals surface area contributed by atoms with Gasteiger partial charge >= 0.3 is 5.97 Å². The van der Waals surface area contributed by atoms with Gasteiger partial charge in [-0.25, -0.2) is 18.2 Å². The van der Waals surface area contributed by atoms with Gasteiger partial charge in [0.15, 0.2) is 17.9 Å². The lowest BCUT2D eigenvalue weighted by atomic mass is 9.84. The van der Waals surface area contributed by atoms with Crippen molar-refractivity contribution in [2.45, 2.75) is 50.6 Å². The van der Waals surface area contributed by atoms with Crippen molar-refractivity contribution in [2.75, 3.05) is 32.0 Å². The van der Waals surface area contributed by atoms with Crippen molar-refractivity contribution in [3.8, 4) is 16.9 Å². The number of benzene rings is 1. The topological polar surface area (TPSA) is 284 Å². The minimum atomic E-state index is -5.28. The van der Waals surface area contributed by atoms with E-state index in [1.54, 1.807) is 24.3 Å². The number of aliphatic hydroxyl groups is 2. The summed E-state index contributed by atoms with van der Waals surface area (Å²) in [6.07, 6.45) is 2.20. The number of nitrogens with zero attached hydrogens (tertiary/aromatic N) is 5. The van der Waals surface area contributed by atoms with Crippen molar-refractivity contribution in [2.24, 2.45) is 12.2 Å². The molecule has 1 aliphatic rings. The van der Waals surface area contributed by atoms with Gasteiger partial charge in [0, 0.05) is 11.9 Å². The molecule has 20 nitrogen and oxygen atoms in total. The molecule has 3 atom stereocenters. The second-order valence-electron chi connectivity index (χ2n) is 11.8. The number of carboxylic acids is 1. The number of hydroxylamine groups is 2. The monoisotopic (exact) mass is 754 g/mol. The van der Waals surface area contributed by atoms with E-state index in [0.717, 1.165) is 28.9 Å². The molecule has 0 radical (unpaired) electrons. The number of aliphatic hydroxyl groups excluding tert-OH is 2. The fourth-order valence-electron chi connectivity index (χ4n) is 4.83. The van der Waals surface area contributed by atoms with Crippen molar-refractivity contribution < 1.29 is 61.2 Å². The van der Waals surface area contributed by atoms with E-state index in [2.05, 4.69) is 25.1 Å². The highest BCUT2D eigenvalue weighted by atomic mass is 32.3. The van der Waals surface area contributed by atoms with Crippen LogP contribution in [0, 0.1) is 0 Å². The van der Waals surface area contributed by atoms with Crippen LogP contribution in [0.15, 0.2) is 47.2 Å². The van der Waals surface area contributed by atoms with Gasteiger partial charge < -0.3 is 45.8 Å². The number of anilines is 1. The number of β-lactam (4-membered cyclic amide) rings is 1. The summed E-state index contributed by atoms with van der Waals surface area (Å²) in [5.74, 6) is -3.24. The second kappa shape index (κ2) is 16.5. The van der Waals surface area contributed by atoms with Gasteiger partial charge in [-0.15, -0.1) is 16.0 Å². The smallest absolute Gasteiger partial charge is 0.351 e. The number of hydrogen-bond donors (Lipinski definition) is 6. The van der Waals surface area contributed by atoms with E-state index >= 15 is 0 Å². The lowest BCUT2D eigenvalue weighted by Gasteiger charge is -2.51. The Hall–Kier alpha value is -4.71. The third-order valence-corrected chi connectivity index (χ3v) is 8.59. The van der Waals surface area contributed by atoms with Gasteiger partial charge in [-0.2, -0.15) is 14.0 Å². The zero-order chi connectivity index (χ0) is 37.5. The predicted molar refractivity (Wildman–Crippen MR) is 176 cm³/mol. The van der Waals surface area contributed by atoms with E-state index in [1.807, 2.05) is 28.8 Å². The number of ether oxygens (including phenoxy) is 1. The van der Waals surface area contributed by atoms with Crippen molar-refractivity contribution in [1.29, 1.82) is 0 Å². The number of carbonyl (C=O) groups excluding carboxylic acids is 2. The fraction of sp³-hybridized carbons (Fsp3) is 0.448. The highest BCUT2D eigenvalue weighted by molar-refractivity contribution is 7.80. The lowest BCUT2D eigenvalue weighted by molar-refractivity contribution is -0.753. The number of aryl methyl sites for hydroxylation is 2. The van der Waals surface area contributed by atoms with Gasteiger partial charge in [-0.1, -0.05) is 17.3 Å². The molecule has 2 unspecified atom stereocenters. The number of amides is 2. The highest BCUT2D eigenvalue weighted by Crippen LogP contribution is 2.33. The zero-order valence-corrected chi connectivity index (χ0v) is 29.3. The van der Waals surface area contributed by atoms with E-state index < -0.39 is 64.3 Å². The van der Waals surface area contributed by atoms with Gasteiger partial charge in [0.1, 0.15) is 24.1 Å². The molecule has 0 spiro atoms. The first-order chi connectivity index (χ1) is 24.0. The van der Waals surface area contributed by atoms with Crippen LogP contribution >= 0.6 is 11.3 Å². The van der Waals surface area contributed by atoms with Gasteiger partial charge in [0.2, 0.25) is 16.6 Å². The van der Waals surface area contributed by atoms with Crippen LogP contribution in [0.2, 0.25) is 0 Å². The summed E-state index contributed by atoms with van der Waals surface area (Å²) >= 11 is 0.945. The summed E-state index contributed by atoms with van der Waals surface area (Å²) < 4.78 is 46.8. The largest absolute Gasteiger partial charge is 0.724 e. The zero-order valence-electron chi connectivity index (χ0n) is 27.7. The maximum absolute atomic E-state index is 13.2. The summed E-state index contributed by atoms with van der Waals surface area (Å²) in [6.45, 7) is 3.51. The number of nitrogens with one attached hydrogen (secondary N) is 2. The molecule has 0 saturated carbocycles. The summed E-state index contributed by atoms with van der Waals surface area (Å²) in [7, 11) is -3.38. The molecule has 22 heteroatoms. The molecule has 278 valence electrons. The van der Waals surface area contributed by atoms with Crippen LogP contribution in [0.1, 0.15) is 26.0 Å².